The number of carbonyl (C=O) groups is 1. The SMILES string of the molecule is Cc1ccc2cc(C(=O)N3CCN(C)CC3)oc(=O)c2c1. The van der Waals surface area contributed by atoms with Gasteiger partial charge in [0.25, 0.3) is 5.91 Å². The topological polar surface area (TPSA) is 53.8 Å². The summed E-state index contributed by atoms with van der Waals surface area (Å²) in [5.41, 5.74) is 0.543. The summed E-state index contributed by atoms with van der Waals surface area (Å²) in [5, 5.41) is 1.26. The molecule has 1 amide bonds. The number of aryl methyl sites for hydroxylation is 1. The molecule has 0 saturated carbocycles. The Bertz CT molecular complexity index is 743. The number of hydrogen-bond donors (Lipinski definition) is 0. The molecule has 0 aliphatic carbocycles. The summed E-state index contributed by atoms with van der Waals surface area (Å²) in [7, 11) is 2.03. The fraction of sp³-hybridized carbons (Fsp3) is 0.375. The van der Waals surface area contributed by atoms with Crippen molar-refractivity contribution in [1.82, 2.24) is 9.80 Å². The van der Waals surface area contributed by atoms with Crippen LogP contribution in [0, 0.1) is 6.92 Å². The highest BCUT2D eigenvalue weighted by Crippen LogP contribution is 2.16. The van der Waals surface area contributed by atoms with Crippen LogP contribution in [-0.4, -0.2) is 48.9 Å². The van der Waals surface area contributed by atoms with E-state index in [1.165, 1.54) is 0 Å². The monoisotopic (exact) mass is 286 g/mol. The van der Waals surface area contributed by atoms with Gasteiger partial charge in [-0.25, -0.2) is 4.79 Å². The van der Waals surface area contributed by atoms with E-state index in [-0.39, 0.29) is 11.7 Å². The third kappa shape index (κ3) is 2.69. The molecule has 2 aromatic rings. The summed E-state index contributed by atoms with van der Waals surface area (Å²) >= 11 is 0. The summed E-state index contributed by atoms with van der Waals surface area (Å²) in [6.07, 6.45) is 0. The van der Waals surface area contributed by atoms with Crippen molar-refractivity contribution < 1.29 is 9.21 Å². The van der Waals surface area contributed by atoms with E-state index < -0.39 is 5.63 Å². The molecular formula is C16H18N2O3. The molecule has 3 rings (SSSR count). The molecule has 1 aromatic heterocycles. The summed E-state index contributed by atoms with van der Waals surface area (Å²) < 4.78 is 5.23. The molecular weight excluding hydrogens is 268 g/mol. The molecule has 0 bridgehead atoms. The average Bonchev–Trinajstić information content (AvgIpc) is 2.48. The Hall–Kier alpha value is -2.14. The van der Waals surface area contributed by atoms with Crippen LogP contribution in [0.15, 0.2) is 33.5 Å². The predicted molar refractivity (Wildman–Crippen MR) is 80.6 cm³/mol. The zero-order valence-electron chi connectivity index (χ0n) is 12.3. The minimum absolute atomic E-state index is 0.126. The molecule has 0 N–H and O–H groups in total. The van der Waals surface area contributed by atoms with Gasteiger partial charge in [0.2, 0.25) is 0 Å². The molecule has 1 aliphatic rings. The van der Waals surface area contributed by atoms with Crippen molar-refractivity contribution >= 4 is 16.7 Å². The Kier molecular flexibility index (Phi) is 3.51. The Morgan fingerprint density at radius 3 is 2.57 bits per heavy atom. The zero-order valence-corrected chi connectivity index (χ0v) is 12.3. The van der Waals surface area contributed by atoms with Gasteiger partial charge in [0.15, 0.2) is 5.76 Å². The maximum atomic E-state index is 12.4. The molecule has 1 saturated heterocycles. The molecule has 2 heterocycles. The highest BCUT2D eigenvalue weighted by molar-refractivity contribution is 5.95. The summed E-state index contributed by atoms with van der Waals surface area (Å²) in [4.78, 5) is 28.4. The highest BCUT2D eigenvalue weighted by atomic mass is 16.4. The van der Waals surface area contributed by atoms with Crippen molar-refractivity contribution in [1.29, 1.82) is 0 Å². The fourth-order valence-corrected chi connectivity index (χ4v) is 2.57. The van der Waals surface area contributed by atoms with E-state index in [2.05, 4.69) is 4.90 Å². The quantitative estimate of drug-likeness (QED) is 0.797. The number of fused-ring (bicyclic) bond motifs is 1. The van der Waals surface area contributed by atoms with E-state index in [9.17, 15) is 9.59 Å². The van der Waals surface area contributed by atoms with Crippen LogP contribution in [0.3, 0.4) is 0 Å². The molecule has 5 heteroatoms. The summed E-state index contributed by atoms with van der Waals surface area (Å²) in [6.45, 7) is 4.91. The van der Waals surface area contributed by atoms with Crippen molar-refractivity contribution in [3.63, 3.8) is 0 Å². The van der Waals surface area contributed by atoms with Crippen LogP contribution in [0.2, 0.25) is 0 Å². The van der Waals surface area contributed by atoms with E-state index in [1.54, 1.807) is 17.0 Å². The van der Waals surface area contributed by atoms with Crippen molar-refractivity contribution in [3.8, 4) is 0 Å². The van der Waals surface area contributed by atoms with Gasteiger partial charge < -0.3 is 14.2 Å². The van der Waals surface area contributed by atoms with Gasteiger partial charge in [-0.2, -0.15) is 0 Å². The second kappa shape index (κ2) is 5.33. The smallest absolute Gasteiger partial charge is 0.344 e. The third-order valence-electron chi connectivity index (χ3n) is 3.92. The van der Waals surface area contributed by atoms with Crippen LogP contribution in [0.1, 0.15) is 16.1 Å². The fourth-order valence-electron chi connectivity index (χ4n) is 2.57. The second-order valence-corrected chi connectivity index (χ2v) is 5.58. The molecule has 1 aliphatic heterocycles. The first kappa shape index (κ1) is 13.8. The van der Waals surface area contributed by atoms with Crippen molar-refractivity contribution in [2.75, 3.05) is 33.2 Å². The molecule has 1 aromatic carbocycles. The van der Waals surface area contributed by atoms with Crippen LogP contribution < -0.4 is 5.63 Å². The van der Waals surface area contributed by atoms with E-state index in [0.29, 0.717) is 18.5 Å². The van der Waals surface area contributed by atoms with Gasteiger partial charge in [-0.1, -0.05) is 17.7 Å². The van der Waals surface area contributed by atoms with Gasteiger partial charge in [0, 0.05) is 26.2 Å². The minimum Gasteiger partial charge on any atom is -0.417 e. The molecule has 110 valence electrons. The lowest BCUT2D eigenvalue weighted by molar-refractivity contribution is 0.0628. The van der Waals surface area contributed by atoms with E-state index >= 15 is 0 Å². The molecule has 0 spiro atoms. The molecule has 0 unspecified atom stereocenters. The van der Waals surface area contributed by atoms with Crippen LogP contribution in [0.4, 0.5) is 0 Å². The van der Waals surface area contributed by atoms with Gasteiger partial charge in [0.05, 0.1) is 5.39 Å². The lowest BCUT2D eigenvalue weighted by Crippen LogP contribution is -2.47. The van der Waals surface area contributed by atoms with Crippen LogP contribution in [0.5, 0.6) is 0 Å². The second-order valence-electron chi connectivity index (χ2n) is 5.58. The maximum Gasteiger partial charge on any atom is 0.344 e. The van der Waals surface area contributed by atoms with Crippen LogP contribution >= 0.6 is 0 Å². The number of likely N-dealkylation sites (N-methyl/N-ethyl adjacent to an activating group) is 1. The molecule has 21 heavy (non-hydrogen) atoms. The zero-order chi connectivity index (χ0) is 15.0. The normalized spacial score (nSPS) is 16.4. The van der Waals surface area contributed by atoms with E-state index in [0.717, 1.165) is 24.0 Å². The molecule has 0 radical (unpaired) electrons. The third-order valence-corrected chi connectivity index (χ3v) is 3.92. The first-order valence-electron chi connectivity index (χ1n) is 7.07. The van der Waals surface area contributed by atoms with Gasteiger partial charge in [0.1, 0.15) is 0 Å². The summed E-state index contributed by atoms with van der Waals surface area (Å²) in [6, 6.07) is 7.22. The lowest BCUT2D eigenvalue weighted by atomic mass is 10.1. The van der Waals surface area contributed by atoms with E-state index in [1.807, 2.05) is 26.1 Å². The number of benzene rings is 1. The van der Waals surface area contributed by atoms with Gasteiger partial charge in [-0.3, -0.25) is 4.79 Å². The summed E-state index contributed by atoms with van der Waals surface area (Å²) in [5.74, 6) is -0.0800. The van der Waals surface area contributed by atoms with Crippen LogP contribution in [-0.2, 0) is 0 Å². The first-order valence-corrected chi connectivity index (χ1v) is 7.07. The Labute approximate surface area is 122 Å². The maximum absolute atomic E-state index is 12.4. The van der Waals surface area contributed by atoms with Crippen LogP contribution in [0.25, 0.3) is 10.8 Å². The number of carbonyl (C=O) groups excluding carboxylic acids is 1. The van der Waals surface area contributed by atoms with Gasteiger partial charge >= 0.3 is 5.63 Å². The van der Waals surface area contributed by atoms with Crippen molar-refractivity contribution in [2.24, 2.45) is 0 Å². The van der Waals surface area contributed by atoms with Crippen molar-refractivity contribution in [3.05, 3.63) is 46.0 Å². The Balaban J connectivity index is 1.95. The number of hydrogen-bond acceptors (Lipinski definition) is 4. The largest absolute Gasteiger partial charge is 0.417 e. The predicted octanol–water partition coefficient (Wildman–Crippen LogP) is 1.49. The number of amides is 1. The van der Waals surface area contributed by atoms with Gasteiger partial charge in [-0.15, -0.1) is 0 Å². The molecule has 5 nitrogen and oxygen atoms in total. The number of rotatable bonds is 1. The number of piperazine rings is 1. The van der Waals surface area contributed by atoms with Gasteiger partial charge in [-0.05, 0) is 31.5 Å². The Morgan fingerprint density at radius 1 is 1.14 bits per heavy atom. The van der Waals surface area contributed by atoms with E-state index in [4.69, 9.17) is 4.42 Å². The number of nitrogens with zero attached hydrogens (tertiary/aromatic N) is 2. The van der Waals surface area contributed by atoms with Crippen molar-refractivity contribution in [2.45, 2.75) is 6.92 Å². The first-order chi connectivity index (χ1) is 10.0. The molecule has 0 atom stereocenters. The average molecular weight is 286 g/mol. The standard InChI is InChI=1S/C16H18N2O3/c1-11-3-4-12-10-14(21-16(20)13(12)9-11)15(19)18-7-5-17(2)6-8-18/h3-4,9-10H,5-8H2,1-2H3. The minimum atomic E-state index is -0.450. The molecule has 1 fully saturated rings. The highest BCUT2D eigenvalue weighted by Gasteiger charge is 2.22. The Morgan fingerprint density at radius 2 is 1.86 bits per heavy atom. The lowest BCUT2D eigenvalue weighted by Gasteiger charge is -2.31.